The van der Waals surface area contributed by atoms with Gasteiger partial charge in [-0.1, -0.05) is 36.8 Å². The van der Waals surface area contributed by atoms with Crippen LogP contribution in [-0.2, 0) is 13.5 Å². The summed E-state index contributed by atoms with van der Waals surface area (Å²) in [5.74, 6) is 0. The van der Waals surface area contributed by atoms with Gasteiger partial charge in [0.2, 0.25) is 0 Å². The fourth-order valence-corrected chi connectivity index (χ4v) is 2.40. The fraction of sp³-hybridized carbons (Fsp3) is 0.438. The van der Waals surface area contributed by atoms with Crippen molar-refractivity contribution in [1.82, 2.24) is 15.1 Å². The minimum Gasteiger partial charge on any atom is -0.308 e. The molecule has 2 rings (SSSR count). The average Bonchev–Trinajstić information content (AvgIpc) is 2.81. The zero-order chi connectivity index (χ0) is 13.7. The molecule has 1 aromatic heterocycles. The van der Waals surface area contributed by atoms with Crippen molar-refractivity contribution in [3.8, 4) is 0 Å². The topological polar surface area (TPSA) is 29.9 Å². The lowest BCUT2D eigenvalue weighted by Gasteiger charge is -2.19. The van der Waals surface area contributed by atoms with Gasteiger partial charge >= 0.3 is 0 Å². The van der Waals surface area contributed by atoms with Crippen LogP contribution in [-0.4, -0.2) is 16.3 Å². The van der Waals surface area contributed by atoms with Crippen molar-refractivity contribution < 1.29 is 0 Å². The van der Waals surface area contributed by atoms with E-state index in [0.29, 0.717) is 6.04 Å². The summed E-state index contributed by atoms with van der Waals surface area (Å²) in [5, 5.41) is 7.90. The smallest absolute Gasteiger partial charge is 0.0553 e. The van der Waals surface area contributed by atoms with Crippen molar-refractivity contribution in [2.75, 3.05) is 6.54 Å². The Labute approximate surface area is 115 Å². The number of rotatable bonds is 6. The highest BCUT2D eigenvalue weighted by Crippen LogP contribution is 2.18. The highest BCUT2D eigenvalue weighted by molar-refractivity contribution is 5.24. The summed E-state index contributed by atoms with van der Waals surface area (Å²) < 4.78 is 1.96. The first kappa shape index (κ1) is 13.8. The maximum atomic E-state index is 4.28. The molecule has 3 heteroatoms. The third-order valence-corrected chi connectivity index (χ3v) is 3.38. The number of hydrogen-bond acceptors (Lipinski definition) is 2. The Balaban J connectivity index is 2.16. The molecule has 1 N–H and O–H groups in total. The van der Waals surface area contributed by atoms with Crippen LogP contribution in [0.4, 0.5) is 0 Å². The molecule has 0 saturated heterocycles. The lowest BCUT2D eigenvalue weighted by molar-refractivity contribution is 0.493. The van der Waals surface area contributed by atoms with Crippen LogP contribution in [0.5, 0.6) is 0 Å². The van der Waals surface area contributed by atoms with Gasteiger partial charge in [0.15, 0.2) is 0 Å². The molecule has 0 amide bonds. The molecule has 1 heterocycles. The molecule has 1 atom stereocenters. The molecular weight excluding hydrogens is 234 g/mol. The van der Waals surface area contributed by atoms with Crippen LogP contribution < -0.4 is 5.32 Å². The molecular formula is C16H23N3. The second kappa shape index (κ2) is 6.53. The minimum absolute atomic E-state index is 0.328. The number of benzene rings is 1. The Kier molecular flexibility index (Phi) is 4.74. The van der Waals surface area contributed by atoms with Gasteiger partial charge in [0.1, 0.15) is 0 Å². The zero-order valence-electron chi connectivity index (χ0n) is 12.1. The lowest BCUT2D eigenvalue weighted by Crippen LogP contribution is -2.26. The van der Waals surface area contributed by atoms with Crippen LogP contribution in [0.15, 0.2) is 36.5 Å². The van der Waals surface area contributed by atoms with Crippen LogP contribution in [0, 0.1) is 6.92 Å². The average molecular weight is 257 g/mol. The Bertz CT molecular complexity index is 516. The van der Waals surface area contributed by atoms with E-state index in [0.717, 1.165) is 19.4 Å². The molecule has 0 aliphatic rings. The Hall–Kier alpha value is -1.61. The standard InChI is InChI=1S/C16H23N3/c1-4-9-17-15(16-8-10-18-19(16)3)12-14-7-5-6-13(2)11-14/h5-8,10-11,15,17H,4,9,12H2,1-3H3. The molecule has 0 spiro atoms. The van der Waals surface area contributed by atoms with Gasteiger partial charge in [-0.25, -0.2) is 0 Å². The summed E-state index contributed by atoms with van der Waals surface area (Å²) in [7, 11) is 2.01. The van der Waals surface area contributed by atoms with E-state index in [4.69, 9.17) is 0 Å². The van der Waals surface area contributed by atoms with E-state index < -0.39 is 0 Å². The van der Waals surface area contributed by atoms with Crippen LogP contribution in [0.1, 0.15) is 36.2 Å². The molecule has 1 unspecified atom stereocenters. The van der Waals surface area contributed by atoms with Gasteiger partial charge in [-0.15, -0.1) is 0 Å². The summed E-state index contributed by atoms with van der Waals surface area (Å²) >= 11 is 0. The number of aromatic nitrogens is 2. The molecule has 102 valence electrons. The van der Waals surface area contributed by atoms with Crippen molar-refractivity contribution in [2.24, 2.45) is 7.05 Å². The molecule has 3 nitrogen and oxygen atoms in total. The highest BCUT2D eigenvalue weighted by atomic mass is 15.3. The van der Waals surface area contributed by atoms with Crippen LogP contribution in [0.25, 0.3) is 0 Å². The molecule has 1 aromatic carbocycles. The predicted molar refractivity (Wildman–Crippen MR) is 79.1 cm³/mol. The van der Waals surface area contributed by atoms with Gasteiger partial charge in [-0.2, -0.15) is 5.10 Å². The second-order valence-corrected chi connectivity index (χ2v) is 5.08. The van der Waals surface area contributed by atoms with Crippen molar-refractivity contribution >= 4 is 0 Å². The minimum atomic E-state index is 0.328. The van der Waals surface area contributed by atoms with Crippen molar-refractivity contribution in [3.63, 3.8) is 0 Å². The summed E-state index contributed by atoms with van der Waals surface area (Å²) in [6.07, 6.45) is 4.01. The molecule has 0 saturated carbocycles. The van der Waals surface area contributed by atoms with Gasteiger partial charge < -0.3 is 5.32 Å². The quantitative estimate of drug-likeness (QED) is 0.862. The normalized spacial score (nSPS) is 12.6. The van der Waals surface area contributed by atoms with Crippen molar-refractivity contribution in [1.29, 1.82) is 0 Å². The zero-order valence-corrected chi connectivity index (χ0v) is 12.1. The summed E-state index contributed by atoms with van der Waals surface area (Å²) in [6.45, 7) is 5.36. The van der Waals surface area contributed by atoms with Gasteiger partial charge in [0.05, 0.1) is 11.7 Å². The maximum Gasteiger partial charge on any atom is 0.0553 e. The van der Waals surface area contributed by atoms with Crippen LogP contribution in [0.2, 0.25) is 0 Å². The Morgan fingerprint density at radius 1 is 1.32 bits per heavy atom. The molecule has 0 radical (unpaired) electrons. The monoisotopic (exact) mass is 257 g/mol. The second-order valence-electron chi connectivity index (χ2n) is 5.08. The van der Waals surface area contributed by atoms with Gasteiger partial charge in [0, 0.05) is 13.2 Å². The van der Waals surface area contributed by atoms with E-state index in [1.807, 2.05) is 17.9 Å². The van der Waals surface area contributed by atoms with E-state index in [1.165, 1.54) is 16.8 Å². The Morgan fingerprint density at radius 2 is 2.16 bits per heavy atom. The van der Waals surface area contributed by atoms with E-state index in [9.17, 15) is 0 Å². The van der Waals surface area contributed by atoms with Crippen LogP contribution in [0.3, 0.4) is 0 Å². The third kappa shape index (κ3) is 3.67. The molecule has 0 fully saturated rings. The van der Waals surface area contributed by atoms with Gasteiger partial charge in [-0.3, -0.25) is 4.68 Å². The molecule has 0 aliphatic heterocycles. The maximum absolute atomic E-state index is 4.28. The van der Waals surface area contributed by atoms with Gasteiger partial charge in [0.25, 0.3) is 0 Å². The molecule has 0 bridgehead atoms. The molecule has 19 heavy (non-hydrogen) atoms. The van der Waals surface area contributed by atoms with E-state index in [2.05, 4.69) is 54.6 Å². The predicted octanol–water partition coefficient (Wildman–Crippen LogP) is 3.01. The molecule has 0 aliphatic carbocycles. The fourth-order valence-electron chi connectivity index (χ4n) is 2.40. The third-order valence-electron chi connectivity index (χ3n) is 3.38. The first-order valence-electron chi connectivity index (χ1n) is 6.97. The summed E-state index contributed by atoms with van der Waals surface area (Å²) in [4.78, 5) is 0. The number of nitrogens with one attached hydrogen (secondary N) is 1. The first-order chi connectivity index (χ1) is 9.20. The number of aryl methyl sites for hydroxylation is 2. The molecule has 2 aromatic rings. The Morgan fingerprint density at radius 3 is 2.79 bits per heavy atom. The van der Waals surface area contributed by atoms with Crippen LogP contribution >= 0.6 is 0 Å². The first-order valence-corrected chi connectivity index (χ1v) is 6.97. The lowest BCUT2D eigenvalue weighted by atomic mass is 10.0. The highest BCUT2D eigenvalue weighted by Gasteiger charge is 2.14. The summed E-state index contributed by atoms with van der Waals surface area (Å²) in [5.41, 5.74) is 3.93. The van der Waals surface area contributed by atoms with E-state index in [-0.39, 0.29) is 0 Å². The number of hydrogen-bond donors (Lipinski definition) is 1. The van der Waals surface area contributed by atoms with E-state index in [1.54, 1.807) is 0 Å². The van der Waals surface area contributed by atoms with Gasteiger partial charge in [-0.05, 0) is 37.9 Å². The summed E-state index contributed by atoms with van der Waals surface area (Å²) in [6, 6.07) is 11.2. The SMILES string of the molecule is CCCNC(Cc1cccc(C)c1)c1ccnn1C. The number of nitrogens with zero attached hydrogens (tertiary/aromatic N) is 2. The largest absolute Gasteiger partial charge is 0.308 e. The van der Waals surface area contributed by atoms with Crippen molar-refractivity contribution in [2.45, 2.75) is 32.7 Å². The van der Waals surface area contributed by atoms with E-state index >= 15 is 0 Å². The van der Waals surface area contributed by atoms with Crippen molar-refractivity contribution in [3.05, 3.63) is 53.3 Å².